The molecule has 1 aliphatic rings. The van der Waals surface area contributed by atoms with Crippen LogP contribution in [-0.4, -0.2) is 30.6 Å². The van der Waals surface area contributed by atoms with Gasteiger partial charge in [-0.05, 0) is 45.5 Å². The summed E-state index contributed by atoms with van der Waals surface area (Å²) < 4.78 is 6.04. The van der Waals surface area contributed by atoms with Crippen molar-refractivity contribution in [1.82, 2.24) is 9.88 Å². The van der Waals surface area contributed by atoms with Gasteiger partial charge in [0.1, 0.15) is 5.82 Å². The Hall–Kier alpha value is -1.91. The summed E-state index contributed by atoms with van der Waals surface area (Å²) in [5.41, 5.74) is 3.38. The molecule has 1 unspecified atom stereocenters. The van der Waals surface area contributed by atoms with Crippen LogP contribution in [0.15, 0.2) is 42.5 Å². The van der Waals surface area contributed by atoms with Crippen LogP contribution in [-0.2, 0) is 23.4 Å². The molecule has 2 heterocycles. The second kappa shape index (κ2) is 7.32. The summed E-state index contributed by atoms with van der Waals surface area (Å²) in [4.78, 5) is 7.04. The van der Waals surface area contributed by atoms with E-state index in [1.807, 2.05) is 6.07 Å². The predicted octanol–water partition coefficient (Wildman–Crippen LogP) is 3.78. The molecule has 1 saturated heterocycles. The minimum absolute atomic E-state index is 0.198. The molecule has 1 atom stereocenters. The first-order chi connectivity index (χ1) is 11.6. The molecule has 1 fully saturated rings. The second-order valence-electron chi connectivity index (χ2n) is 6.95. The average Bonchev–Trinajstić information content (AvgIpc) is 3.01. The van der Waals surface area contributed by atoms with Crippen molar-refractivity contribution >= 4 is 5.82 Å². The van der Waals surface area contributed by atoms with Gasteiger partial charge in [-0.1, -0.05) is 36.4 Å². The number of nitrogens with one attached hydrogen (secondary N) is 1. The highest BCUT2D eigenvalue weighted by molar-refractivity contribution is 5.41. The Morgan fingerprint density at radius 3 is 2.62 bits per heavy atom. The number of rotatable bonds is 6. The average molecular weight is 325 g/mol. The third kappa shape index (κ3) is 3.94. The molecular weight excluding hydrogens is 298 g/mol. The maximum Gasteiger partial charge on any atom is 0.126 e. The summed E-state index contributed by atoms with van der Waals surface area (Å²) in [6.45, 7) is 4.62. The van der Waals surface area contributed by atoms with Crippen LogP contribution in [0.2, 0.25) is 0 Å². The van der Waals surface area contributed by atoms with Gasteiger partial charge in [-0.15, -0.1) is 0 Å². The van der Waals surface area contributed by atoms with Crippen LogP contribution in [0, 0.1) is 0 Å². The van der Waals surface area contributed by atoms with Crippen LogP contribution in [0.4, 0.5) is 5.82 Å². The normalized spacial score (nSPS) is 20.5. The van der Waals surface area contributed by atoms with Crippen molar-refractivity contribution in [1.29, 1.82) is 0 Å². The largest absolute Gasteiger partial charge is 0.371 e. The van der Waals surface area contributed by atoms with Crippen LogP contribution >= 0.6 is 0 Å². The molecule has 1 aliphatic heterocycles. The quantitative estimate of drug-likeness (QED) is 0.877. The van der Waals surface area contributed by atoms with Gasteiger partial charge in [-0.2, -0.15) is 0 Å². The van der Waals surface area contributed by atoms with Crippen LogP contribution in [0.1, 0.15) is 36.6 Å². The van der Waals surface area contributed by atoms with Gasteiger partial charge in [0.25, 0.3) is 0 Å². The van der Waals surface area contributed by atoms with Crippen molar-refractivity contribution in [3.8, 4) is 0 Å². The number of ether oxygens (including phenoxy) is 1. The Bertz CT molecular complexity index is 664. The molecule has 4 heteroatoms. The van der Waals surface area contributed by atoms with E-state index >= 15 is 0 Å². The summed E-state index contributed by atoms with van der Waals surface area (Å²) in [5.74, 6) is 0.918. The molecule has 24 heavy (non-hydrogen) atoms. The zero-order chi connectivity index (χ0) is 17.0. The minimum atomic E-state index is -0.198. The molecule has 0 bridgehead atoms. The predicted molar refractivity (Wildman–Crippen MR) is 97.9 cm³/mol. The second-order valence-corrected chi connectivity index (χ2v) is 6.95. The van der Waals surface area contributed by atoms with E-state index in [9.17, 15) is 0 Å². The van der Waals surface area contributed by atoms with Crippen molar-refractivity contribution in [2.24, 2.45) is 0 Å². The van der Waals surface area contributed by atoms with Crippen molar-refractivity contribution in [3.05, 3.63) is 59.3 Å². The van der Waals surface area contributed by atoms with Crippen molar-refractivity contribution in [3.63, 3.8) is 0 Å². The Morgan fingerprint density at radius 2 is 1.96 bits per heavy atom. The lowest BCUT2D eigenvalue weighted by Crippen LogP contribution is -2.25. The molecule has 0 aliphatic carbocycles. The van der Waals surface area contributed by atoms with Gasteiger partial charge in [0.05, 0.1) is 11.3 Å². The Morgan fingerprint density at radius 1 is 1.17 bits per heavy atom. The molecule has 0 saturated carbocycles. The van der Waals surface area contributed by atoms with E-state index in [4.69, 9.17) is 9.72 Å². The lowest BCUT2D eigenvalue weighted by atomic mass is 9.91. The molecule has 1 N–H and O–H groups in total. The number of hydrogen-bond donors (Lipinski definition) is 1. The molecule has 1 aromatic heterocycles. The van der Waals surface area contributed by atoms with E-state index in [0.717, 1.165) is 44.0 Å². The highest BCUT2D eigenvalue weighted by atomic mass is 16.5. The van der Waals surface area contributed by atoms with Crippen LogP contribution < -0.4 is 5.32 Å². The summed E-state index contributed by atoms with van der Waals surface area (Å²) in [5, 5.41) is 3.43. The number of pyridine rings is 1. The molecule has 3 rings (SSSR count). The molecule has 0 amide bonds. The van der Waals surface area contributed by atoms with Crippen LogP contribution in [0.3, 0.4) is 0 Å². The van der Waals surface area contributed by atoms with E-state index in [1.54, 1.807) is 0 Å². The van der Waals surface area contributed by atoms with Crippen molar-refractivity contribution < 1.29 is 4.74 Å². The van der Waals surface area contributed by atoms with Crippen molar-refractivity contribution in [2.75, 3.05) is 26.0 Å². The molecular formula is C20H27N3O. The first-order valence-corrected chi connectivity index (χ1v) is 8.64. The molecule has 0 radical (unpaired) electrons. The van der Waals surface area contributed by atoms with Crippen molar-refractivity contribution in [2.45, 2.75) is 38.5 Å². The third-order valence-electron chi connectivity index (χ3n) is 4.55. The fraction of sp³-hybridized carbons (Fsp3) is 0.450. The van der Waals surface area contributed by atoms with Gasteiger partial charge in [0, 0.05) is 25.3 Å². The van der Waals surface area contributed by atoms with Gasteiger partial charge in [0.2, 0.25) is 0 Å². The monoisotopic (exact) mass is 325 g/mol. The van der Waals surface area contributed by atoms with E-state index in [2.05, 4.69) is 67.6 Å². The van der Waals surface area contributed by atoms with Gasteiger partial charge in [-0.3, -0.25) is 0 Å². The Balaban J connectivity index is 1.81. The fourth-order valence-electron chi connectivity index (χ4n) is 3.28. The molecule has 2 aromatic rings. The molecule has 128 valence electrons. The molecule has 0 spiro atoms. The molecule has 1 aromatic carbocycles. The number of benzene rings is 1. The third-order valence-corrected chi connectivity index (χ3v) is 4.55. The summed E-state index contributed by atoms with van der Waals surface area (Å²) in [6.07, 6.45) is 2.18. The van der Waals surface area contributed by atoms with Gasteiger partial charge in [-0.25, -0.2) is 4.98 Å². The summed E-state index contributed by atoms with van der Waals surface area (Å²) in [7, 11) is 4.15. The number of nitrogens with zero attached hydrogens (tertiary/aromatic N) is 2. The van der Waals surface area contributed by atoms with E-state index in [1.165, 1.54) is 11.1 Å². The molecule has 4 nitrogen and oxygen atoms in total. The fourth-order valence-corrected chi connectivity index (χ4v) is 3.28. The van der Waals surface area contributed by atoms with E-state index in [0.29, 0.717) is 0 Å². The standard InChI is InChI=1S/C20H27N3O/c1-20(12-7-13-24-20)17-10-11-19(22-18(17)15-23(2)3)21-14-16-8-5-4-6-9-16/h4-6,8-11H,7,12-15H2,1-3H3,(H,21,22). The van der Waals surface area contributed by atoms with Gasteiger partial charge < -0.3 is 15.0 Å². The number of anilines is 1. The first-order valence-electron chi connectivity index (χ1n) is 8.64. The van der Waals surface area contributed by atoms with Crippen LogP contribution in [0.5, 0.6) is 0 Å². The minimum Gasteiger partial charge on any atom is -0.371 e. The number of aromatic nitrogens is 1. The lowest BCUT2D eigenvalue weighted by Gasteiger charge is -2.27. The first kappa shape index (κ1) is 16.9. The highest BCUT2D eigenvalue weighted by Crippen LogP contribution is 2.37. The topological polar surface area (TPSA) is 37.4 Å². The SMILES string of the molecule is CN(C)Cc1nc(NCc2ccccc2)ccc1C1(C)CCCO1. The maximum atomic E-state index is 6.04. The zero-order valence-corrected chi connectivity index (χ0v) is 14.9. The van der Waals surface area contributed by atoms with E-state index in [-0.39, 0.29) is 5.60 Å². The van der Waals surface area contributed by atoms with Crippen LogP contribution in [0.25, 0.3) is 0 Å². The zero-order valence-electron chi connectivity index (χ0n) is 14.9. The number of hydrogen-bond acceptors (Lipinski definition) is 4. The Labute approximate surface area is 144 Å². The lowest BCUT2D eigenvalue weighted by molar-refractivity contribution is 0.0154. The summed E-state index contributed by atoms with van der Waals surface area (Å²) >= 11 is 0. The van der Waals surface area contributed by atoms with E-state index < -0.39 is 0 Å². The summed E-state index contributed by atoms with van der Waals surface area (Å²) in [6, 6.07) is 14.7. The Kier molecular flexibility index (Phi) is 5.17. The van der Waals surface area contributed by atoms with Gasteiger partial charge >= 0.3 is 0 Å². The van der Waals surface area contributed by atoms with Gasteiger partial charge in [0.15, 0.2) is 0 Å². The maximum absolute atomic E-state index is 6.04. The highest BCUT2D eigenvalue weighted by Gasteiger charge is 2.34. The smallest absolute Gasteiger partial charge is 0.126 e.